The molecule has 0 atom stereocenters. The molecule has 2 aromatic rings. The normalized spacial score (nSPS) is 19.2. The van der Waals surface area contributed by atoms with E-state index in [-0.39, 0.29) is 5.91 Å². The fraction of sp³-hybridized carbons (Fsp3) is 0.444. The van der Waals surface area contributed by atoms with Crippen molar-refractivity contribution in [2.75, 3.05) is 39.4 Å². The molecule has 6 heteroatoms. The van der Waals surface area contributed by atoms with Crippen LogP contribution in [0.1, 0.15) is 27.7 Å². The lowest BCUT2D eigenvalue weighted by Crippen LogP contribution is -2.48. The molecule has 0 bridgehead atoms. The molecular weight excluding hydrogens is 306 g/mol. The van der Waals surface area contributed by atoms with Gasteiger partial charge in [0.1, 0.15) is 12.0 Å². The molecule has 2 saturated heterocycles. The molecule has 0 aromatic carbocycles. The number of hydrogen-bond donors (Lipinski definition) is 0. The average molecular weight is 327 g/mol. The number of ether oxygens (including phenoxy) is 1. The summed E-state index contributed by atoms with van der Waals surface area (Å²) in [7, 11) is 0. The predicted octanol–water partition coefficient (Wildman–Crippen LogP) is 1.75. The molecule has 0 spiro atoms. The molecule has 6 nitrogen and oxygen atoms in total. The van der Waals surface area contributed by atoms with E-state index in [1.807, 2.05) is 29.2 Å². The van der Waals surface area contributed by atoms with E-state index >= 15 is 0 Å². The summed E-state index contributed by atoms with van der Waals surface area (Å²) in [5.41, 5.74) is 1.69. The van der Waals surface area contributed by atoms with Crippen LogP contribution in [0.5, 0.6) is 0 Å². The van der Waals surface area contributed by atoms with Gasteiger partial charge < -0.3 is 14.1 Å². The van der Waals surface area contributed by atoms with E-state index in [1.165, 1.54) is 0 Å². The number of amides is 1. The Labute approximate surface area is 141 Å². The average Bonchev–Trinajstić information content (AvgIpc) is 3.04. The number of nitrogens with zero attached hydrogens (tertiary/aromatic N) is 3. The lowest BCUT2D eigenvalue weighted by atomic mass is 9.95. The molecule has 0 aliphatic carbocycles. The molecule has 0 unspecified atom stereocenters. The molecule has 0 saturated carbocycles. The van der Waals surface area contributed by atoms with Gasteiger partial charge in [0, 0.05) is 44.0 Å². The quantitative estimate of drug-likeness (QED) is 0.856. The van der Waals surface area contributed by atoms with E-state index < -0.39 is 0 Å². The molecule has 24 heavy (non-hydrogen) atoms. The number of hydrogen-bond acceptors (Lipinski definition) is 5. The van der Waals surface area contributed by atoms with Gasteiger partial charge in [-0.25, -0.2) is 0 Å². The van der Waals surface area contributed by atoms with E-state index in [0.717, 1.165) is 57.4 Å². The standard InChI is InChI=1S/C18H21N3O3/c22-18(21-10-15(11-21)17-3-1-2-4-19-17)14-9-16(24-13-14)12-20-5-7-23-8-6-20/h1-4,9,13,15H,5-8,10-12H2. The van der Waals surface area contributed by atoms with Crippen LogP contribution < -0.4 is 0 Å². The Bertz CT molecular complexity index is 689. The second kappa shape index (κ2) is 6.75. The first-order chi connectivity index (χ1) is 11.8. The number of carbonyl (C=O) groups is 1. The highest BCUT2D eigenvalue weighted by Crippen LogP contribution is 2.27. The van der Waals surface area contributed by atoms with E-state index in [2.05, 4.69) is 9.88 Å². The molecule has 2 aliphatic rings. The highest BCUT2D eigenvalue weighted by Gasteiger charge is 2.33. The Hall–Kier alpha value is -2.18. The summed E-state index contributed by atoms with van der Waals surface area (Å²) in [6, 6.07) is 7.78. The van der Waals surface area contributed by atoms with Crippen LogP contribution in [0.15, 0.2) is 41.1 Å². The SMILES string of the molecule is O=C(c1coc(CN2CCOCC2)c1)N1CC(c2ccccn2)C1. The molecule has 2 aromatic heterocycles. The van der Waals surface area contributed by atoms with Gasteiger partial charge in [0.15, 0.2) is 0 Å². The fourth-order valence-corrected chi connectivity index (χ4v) is 3.19. The van der Waals surface area contributed by atoms with Gasteiger partial charge in [0.05, 0.1) is 25.3 Å². The summed E-state index contributed by atoms with van der Waals surface area (Å²) in [5, 5.41) is 0. The topological polar surface area (TPSA) is 58.8 Å². The van der Waals surface area contributed by atoms with Gasteiger partial charge >= 0.3 is 0 Å². The smallest absolute Gasteiger partial charge is 0.257 e. The predicted molar refractivity (Wildman–Crippen MR) is 87.7 cm³/mol. The summed E-state index contributed by atoms with van der Waals surface area (Å²) in [4.78, 5) is 21.0. The molecule has 2 aliphatic heterocycles. The highest BCUT2D eigenvalue weighted by atomic mass is 16.5. The van der Waals surface area contributed by atoms with E-state index in [9.17, 15) is 4.79 Å². The zero-order valence-electron chi connectivity index (χ0n) is 13.6. The summed E-state index contributed by atoms with van der Waals surface area (Å²) < 4.78 is 10.9. The van der Waals surface area contributed by atoms with Crippen molar-refractivity contribution in [3.8, 4) is 0 Å². The zero-order chi connectivity index (χ0) is 16.4. The first-order valence-electron chi connectivity index (χ1n) is 8.37. The summed E-state index contributed by atoms with van der Waals surface area (Å²) in [6.45, 7) is 5.50. The maximum Gasteiger partial charge on any atom is 0.257 e. The number of carbonyl (C=O) groups excluding carboxylic acids is 1. The largest absolute Gasteiger partial charge is 0.467 e. The van der Waals surface area contributed by atoms with Crippen molar-refractivity contribution in [2.45, 2.75) is 12.5 Å². The van der Waals surface area contributed by atoms with Crippen molar-refractivity contribution in [1.82, 2.24) is 14.8 Å². The molecule has 4 rings (SSSR count). The van der Waals surface area contributed by atoms with Crippen LogP contribution in [0, 0.1) is 0 Å². The van der Waals surface area contributed by atoms with Crippen LogP contribution in [0.2, 0.25) is 0 Å². The van der Waals surface area contributed by atoms with E-state index in [4.69, 9.17) is 9.15 Å². The van der Waals surface area contributed by atoms with Crippen molar-refractivity contribution in [1.29, 1.82) is 0 Å². The lowest BCUT2D eigenvalue weighted by molar-refractivity contribution is 0.0313. The molecule has 0 radical (unpaired) electrons. The minimum atomic E-state index is 0.0409. The Balaban J connectivity index is 1.33. The van der Waals surface area contributed by atoms with Crippen molar-refractivity contribution in [3.05, 3.63) is 53.7 Å². The maximum absolute atomic E-state index is 12.5. The van der Waals surface area contributed by atoms with Gasteiger partial charge in [-0.1, -0.05) is 6.07 Å². The molecule has 126 valence electrons. The molecule has 0 N–H and O–H groups in total. The second-order valence-corrected chi connectivity index (χ2v) is 6.35. The summed E-state index contributed by atoms with van der Waals surface area (Å²) >= 11 is 0. The first-order valence-corrected chi connectivity index (χ1v) is 8.37. The van der Waals surface area contributed by atoms with Crippen LogP contribution in [-0.2, 0) is 11.3 Å². The van der Waals surface area contributed by atoms with Crippen molar-refractivity contribution in [3.63, 3.8) is 0 Å². The van der Waals surface area contributed by atoms with Gasteiger partial charge in [-0.05, 0) is 18.2 Å². The van der Waals surface area contributed by atoms with Gasteiger partial charge in [-0.2, -0.15) is 0 Å². The number of morpholine rings is 1. The first kappa shape index (κ1) is 15.4. The number of furan rings is 1. The van der Waals surface area contributed by atoms with Gasteiger partial charge in [0.2, 0.25) is 0 Å². The number of likely N-dealkylation sites (tertiary alicyclic amines) is 1. The van der Waals surface area contributed by atoms with E-state index in [1.54, 1.807) is 12.5 Å². The van der Waals surface area contributed by atoms with Crippen LogP contribution in [-0.4, -0.2) is 60.1 Å². The third kappa shape index (κ3) is 3.20. The molecular formula is C18H21N3O3. The monoisotopic (exact) mass is 327 g/mol. The maximum atomic E-state index is 12.5. The van der Waals surface area contributed by atoms with Crippen molar-refractivity contribution in [2.24, 2.45) is 0 Å². The third-order valence-corrected chi connectivity index (χ3v) is 4.66. The van der Waals surface area contributed by atoms with Crippen LogP contribution in [0.25, 0.3) is 0 Å². The van der Waals surface area contributed by atoms with Gasteiger partial charge in [-0.3, -0.25) is 14.7 Å². The summed E-state index contributed by atoms with van der Waals surface area (Å²) in [5.74, 6) is 1.22. The third-order valence-electron chi connectivity index (χ3n) is 4.66. The Kier molecular flexibility index (Phi) is 4.32. The van der Waals surface area contributed by atoms with Crippen LogP contribution in [0.3, 0.4) is 0 Å². The highest BCUT2D eigenvalue weighted by molar-refractivity contribution is 5.94. The van der Waals surface area contributed by atoms with Crippen LogP contribution in [0.4, 0.5) is 0 Å². The zero-order valence-corrected chi connectivity index (χ0v) is 13.6. The Morgan fingerprint density at radius 2 is 2.08 bits per heavy atom. The van der Waals surface area contributed by atoms with Gasteiger partial charge in [0.25, 0.3) is 5.91 Å². The second-order valence-electron chi connectivity index (χ2n) is 6.35. The fourth-order valence-electron chi connectivity index (χ4n) is 3.19. The van der Waals surface area contributed by atoms with Crippen molar-refractivity contribution >= 4 is 5.91 Å². The molecule has 1 amide bonds. The lowest BCUT2D eigenvalue weighted by Gasteiger charge is -2.38. The Morgan fingerprint density at radius 3 is 2.83 bits per heavy atom. The van der Waals surface area contributed by atoms with E-state index in [0.29, 0.717) is 11.5 Å². The Morgan fingerprint density at radius 1 is 1.25 bits per heavy atom. The minimum Gasteiger partial charge on any atom is -0.467 e. The number of pyridine rings is 1. The number of aromatic nitrogens is 1. The van der Waals surface area contributed by atoms with Crippen LogP contribution >= 0.6 is 0 Å². The molecule has 4 heterocycles. The minimum absolute atomic E-state index is 0.0409. The molecule has 2 fully saturated rings. The van der Waals surface area contributed by atoms with Crippen molar-refractivity contribution < 1.29 is 13.9 Å². The summed E-state index contributed by atoms with van der Waals surface area (Å²) in [6.07, 6.45) is 3.38. The number of rotatable bonds is 4. The van der Waals surface area contributed by atoms with Gasteiger partial charge in [-0.15, -0.1) is 0 Å².